The van der Waals surface area contributed by atoms with Crippen LogP contribution in [0.3, 0.4) is 0 Å². The molecule has 0 spiro atoms. The van der Waals surface area contributed by atoms with Crippen molar-refractivity contribution in [2.45, 2.75) is 24.6 Å². The predicted octanol–water partition coefficient (Wildman–Crippen LogP) is 3.94. The molecular formula is C16H17ClN2O3S2. The zero-order valence-electron chi connectivity index (χ0n) is 13.3. The summed E-state index contributed by atoms with van der Waals surface area (Å²) in [6, 6.07) is 5.36. The molecule has 0 aliphatic heterocycles. The second-order valence-electron chi connectivity index (χ2n) is 4.88. The Kier molecular flexibility index (Phi) is 7.08. The van der Waals surface area contributed by atoms with Crippen LogP contribution in [0.4, 0.5) is 5.69 Å². The van der Waals surface area contributed by atoms with Gasteiger partial charge in [-0.1, -0.05) is 29.4 Å². The van der Waals surface area contributed by atoms with E-state index >= 15 is 0 Å². The highest BCUT2D eigenvalue weighted by atomic mass is 35.5. The highest BCUT2D eigenvalue weighted by Crippen LogP contribution is 2.24. The quantitative estimate of drug-likeness (QED) is 0.578. The lowest BCUT2D eigenvalue weighted by molar-refractivity contribution is -0.142. The van der Waals surface area contributed by atoms with Gasteiger partial charge in [-0.15, -0.1) is 11.3 Å². The standard InChI is InChI=1S/C16H17ClN2O3S2/c1-3-22-15(21)7-12-8-23-16(18-12)24-9-14(20)19-13-6-11(17)5-4-10(13)2/h4-6,8H,3,7,9H2,1-2H3,(H,19,20). The van der Waals surface area contributed by atoms with Gasteiger partial charge in [0.1, 0.15) is 0 Å². The summed E-state index contributed by atoms with van der Waals surface area (Å²) >= 11 is 8.67. The Morgan fingerprint density at radius 1 is 1.42 bits per heavy atom. The number of carbonyl (C=O) groups excluding carboxylic acids is 2. The normalized spacial score (nSPS) is 10.5. The van der Waals surface area contributed by atoms with Crippen molar-refractivity contribution >= 4 is 52.3 Å². The fourth-order valence-corrected chi connectivity index (χ4v) is 3.66. The maximum Gasteiger partial charge on any atom is 0.311 e. The van der Waals surface area contributed by atoms with Crippen molar-refractivity contribution in [3.05, 3.63) is 39.9 Å². The molecule has 128 valence electrons. The number of carbonyl (C=O) groups is 2. The molecule has 0 aliphatic rings. The first-order chi connectivity index (χ1) is 11.5. The van der Waals surface area contributed by atoms with Gasteiger partial charge in [-0.25, -0.2) is 4.98 Å². The number of aryl methyl sites for hydroxylation is 1. The molecule has 0 aliphatic carbocycles. The van der Waals surface area contributed by atoms with E-state index in [0.717, 1.165) is 9.90 Å². The molecule has 0 atom stereocenters. The van der Waals surface area contributed by atoms with Gasteiger partial charge in [0.15, 0.2) is 4.34 Å². The van der Waals surface area contributed by atoms with Gasteiger partial charge in [-0.3, -0.25) is 9.59 Å². The van der Waals surface area contributed by atoms with Crippen molar-refractivity contribution in [3.8, 4) is 0 Å². The van der Waals surface area contributed by atoms with Crippen LogP contribution in [0.2, 0.25) is 5.02 Å². The van der Waals surface area contributed by atoms with Crippen molar-refractivity contribution in [1.82, 2.24) is 4.98 Å². The Bertz CT molecular complexity index is 734. The van der Waals surface area contributed by atoms with Gasteiger partial charge in [0.2, 0.25) is 5.91 Å². The monoisotopic (exact) mass is 384 g/mol. The maximum atomic E-state index is 12.0. The summed E-state index contributed by atoms with van der Waals surface area (Å²) in [7, 11) is 0. The van der Waals surface area contributed by atoms with Crippen molar-refractivity contribution in [2.24, 2.45) is 0 Å². The molecule has 0 bridgehead atoms. The minimum Gasteiger partial charge on any atom is -0.466 e. The molecule has 1 N–H and O–H groups in total. The third-order valence-corrected chi connectivity index (χ3v) is 5.27. The molecule has 0 saturated heterocycles. The van der Waals surface area contributed by atoms with Crippen LogP contribution in [-0.2, 0) is 20.7 Å². The molecule has 1 aromatic heterocycles. The van der Waals surface area contributed by atoms with Crippen LogP contribution in [0.1, 0.15) is 18.2 Å². The highest BCUT2D eigenvalue weighted by Gasteiger charge is 2.11. The fraction of sp³-hybridized carbons (Fsp3) is 0.312. The molecule has 0 fully saturated rings. The summed E-state index contributed by atoms with van der Waals surface area (Å²) in [5, 5.41) is 5.22. The van der Waals surface area contributed by atoms with E-state index in [-0.39, 0.29) is 24.1 Å². The second kappa shape index (κ2) is 9.05. The van der Waals surface area contributed by atoms with Gasteiger partial charge < -0.3 is 10.1 Å². The molecule has 2 rings (SSSR count). The summed E-state index contributed by atoms with van der Waals surface area (Å²) in [5.41, 5.74) is 2.31. The van der Waals surface area contributed by atoms with E-state index < -0.39 is 0 Å². The number of hydrogen-bond acceptors (Lipinski definition) is 6. The molecule has 0 saturated carbocycles. The maximum absolute atomic E-state index is 12.0. The van der Waals surface area contributed by atoms with Crippen LogP contribution in [0, 0.1) is 6.92 Å². The molecule has 0 radical (unpaired) electrons. The second-order valence-corrected chi connectivity index (χ2v) is 7.40. The van der Waals surface area contributed by atoms with Crippen LogP contribution in [-0.4, -0.2) is 29.2 Å². The molecule has 24 heavy (non-hydrogen) atoms. The zero-order valence-corrected chi connectivity index (χ0v) is 15.7. The van der Waals surface area contributed by atoms with Crippen molar-refractivity contribution in [1.29, 1.82) is 0 Å². The van der Waals surface area contributed by atoms with E-state index in [9.17, 15) is 9.59 Å². The van der Waals surface area contributed by atoms with Crippen LogP contribution >= 0.6 is 34.7 Å². The Hall–Kier alpha value is -1.57. The number of halogens is 1. The Morgan fingerprint density at radius 3 is 2.96 bits per heavy atom. The highest BCUT2D eigenvalue weighted by molar-refractivity contribution is 8.01. The lowest BCUT2D eigenvalue weighted by Gasteiger charge is -2.08. The number of anilines is 1. The fourth-order valence-electron chi connectivity index (χ4n) is 1.84. The first kappa shape index (κ1) is 18.8. The Balaban J connectivity index is 1.85. The minimum atomic E-state index is -0.298. The minimum absolute atomic E-state index is 0.132. The SMILES string of the molecule is CCOC(=O)Cc1csc(SCC(=O)Nc2cc(Cl)ccc2C)n1. The number of hydrogen-bond donors (Lipinski definition) is 1. The van der Waals surface area contributed by atoms with Crippen LogP contribution < -0.4 is 5.32 Å². The molecule has 8 heteroatoms. The van der Waals surface area contributed by atoms with Crippen molar-refractivity contribution in [3.63, 3.8) is 0 Å². The lowest BCUT2D eigenvalue weighted by Crippen LogP contribution is -2.14. The lowest BCUT2D eigenvalue weighted by atomic mass is 10.2. The Labute approximate surface area is 153 Å². The number of aromatic nitrogens is 1. The summed E-state index contributed by atoms with van der Waals surface area (Å²) in [5.74, 6) is -0.195. The van der Waals surface area contributed by atoms with E-state index in [1.54, 1.807) is 24.4 Å². The number of nitrogens with zero attached hydrogens (tertiary/aromatic N) is 1. The molecule has 1 heterocycles. The zero-order chi connectivity index (χ0) is 17.5. The van der Waals surface area contributed by atoms with Crippen LogP contribution in [0.15, 0.2) is 27.9 Å². The third kappa shape index (κ3) is 5.81. The van der Waals surface area contributed by atoms with Gasteiger partial charge in [0, 0.05) is 16.1 Å². The number of amides is 1. The smallest absolute Gasteiger partial charge is 0.311 e. The average molecular weight is 385 g/mol. The van der Waals surface area contributed by atoms with Gasteiger partial charge in [-0.2, -0.15) is 0 Å². The van der Waals surface area contributed by atoms with Gasteiger partial charge in [0.25, 0.3) is 0 Å². The number of ether oxygens (including phenoxy) is 1. The molecular weight excluding hydrogens is 368 g/mol. The number of thiazole rings is 1. The van der Waals surface area contributed by atoms with E-state index in [0.29, 0.717) is 23.0 Å². The average Bonchev–Trinajstić information content (AvgIpc) is 2.96. The van der Waals surface area contributed by atoms with Crippen LogP contribution in [0.5, 0.6) is 0 Å². The summed E-state index contributed by atoms with van der Waals surface area (Å²) < 4.78 is 5.63. The van der Waals surface area contributed by atoms with Gasteiger partial charge >= 0.3 is 5.97 Å². The predicted molar refractivity (Wildman–Crippen MR) is 98.0 cm³/mol. The summed E-state index contributed by atoms with van der Waals surface area (Å²) in [6.07, 6.45) is 0.152. The number of nitrogens with one attached hydrogen (secondary N) is 1. The van der Waals surface area contributed by atoms with Crippen LogP contribution in [0.25, 0.3) is 0 Å². The molecule has 2 aromatic rings. The summed E-state index contributed by atoms with van der Waals surface area (Å²) in [4.78, 5) is 27.8. The molecule has 1 amide bonds. The van der Waals surface area contributed by atoms with Crippen molar-refractivity contribution < 1.29 is 14.3 Å². The first-order valence-electron chi connectivity index (χ1n) is 7.26. The molecule has 5 nitrogen and oxygen atoms in total. The number of thioether (sulfide) groups is 1. The molecule has 0 unspecified atom stereocenters. The van der Waals surface area contributed by atoms with E-state index in [2.05, 4.69) is 10.3 Å². The van der Waals surface area contributed by atoms with Gasteiger partial charge in [0.05, 0.1) is 24.5 Å². The molecule has 1 aromatic carbocycles. The van der Waals surface area contributed by atoms with E-state index in [1.165, 1.54) is 23.1 Å². The van der Waals surface area contributed by atoms with E-state index in [1.807, 2.05) is 13.0 Å². The topological polar surface area (TPSA) is 68.3 Å². The van der Waals surface area contributed by atoms with E-state index in [4.69, 9.17) is 16.3 Å². The largest absolute Gasteiger partial charge is 0.466 e. The number of benzene rings is 1. The first-order valence-corrected chi connectivity index (χ1v) is 9.51. The summed E-state index contributed by atoms with van der Waals surface area (Å²) in [6.45, 7) is 4.02. The van der Waals surface area contributed by atoms with Crippen molar-refractivity contribution in [2.75, 3.05) is 17.7 Å². The Morgan fingerprint density at radius 2 is 2.21 bits per heavy atom. The number of esters is 1. The number of rotatable bonds is 7. The van der Waals surface area contributed by atoms with Gasteiger partial charge in [-0.05, 0) is 31.5 Å². The third-order valence-electron chi connectivity index (χ3n) is 2.96.